The molecule has 0 aliphatic carbocycles. The second-order valence-corrected chi connectivity index (χ2v) is 5.49. The van der Waals surface area contributed by atoms with Crippen molar-refractivity contribution in [1.29, 1.82) is 0 Å². The van der Waals surface area contributed by atoms with Gasteiger partial charge < -0.3 is 20.1 Å². The minimum absolute atomic E-state index is 0.0695. The fraction of sp³-hybridized carbons (Fsp3) is 0.571. The first kappa shape index (κ1) is 14.7. The Labute approximate surface area is 117 Å². The van der Waals surface area contributed by atoms with E-state index in [1.165, 1.54) is 11.0 Å². The molecule has 110 valence electrons. The van der Waals surface area contributed by atoms with Crippen LogP contribution in [0.5, 0.6) is 0 Å². The summed E-state index contributed by atoms with van der Waals surface area (Å²) in [6.07, 6.45) is -0.0370. The molecule has 0 unspecified atom stereocenters. The van der Waals surface area contributed by atoms with E-state index in [0.717, 1.165) is 0 Å². The number of H-pyrrole nitrogens is 1. The molecule has 0 spiro atoms. The lowest BCUT2D eigenvalue weighted by Gasteiger charge is -2.39. The van der Waals surface area contributed by atoms with Gasteiger partial charge in [-0.15, -0.1) is 0 Å². The van der Waals surface area contributed by atoms with Gasteiger partial charge in [-0.2, -0.15) is 0 Å². The zero-order valence-electron chi connectivity index (χ0n) is 11.7. The smallest absolute Gasteiger partial charge is 0.254 e. The Morgan fingerprint density at radius 2 is 2.25 bits per heavy atom. The summed E-state index contributed by atoms with van der Waals surface area (Å²) in [4.78, 5) is 28.0. The predicted octanol–water partition coefficient (Wildman–Crippen LogP) is -0.105. The maximum absolute atomic E-state index is 12.4. The molecule has 1 aromatic heterocycles. The number of carbonyl (C=O) groups is 1. The van der Waals surface area contributed by atoms with Gasteiger partial charge in [-0.3, -0.25) is 9.59 Å². The van der Waals surface area contributed by atoms with Gasteiger partial charge in [-0.1, -0.05) is 6.92 Å². The van der Waals surface area contributed by atoms with Crippen LogP contribution in [0.25, 0.3) is 0 Å². The van der Waals surface area contributed by atoms with E-state index in [1.807, 2.05) is 6.92 Å². The molecule has 1 amide bonds. The molecule has 0 aromatic carbocycles. The minimum atomic E-state index is -1.17. The highest BCUT2D eigenvalue weighted by atomic mass is 16.3. The highest BCUT2D eigenvalue weighted by Crippen LogP contribution is 2.23. The third-order valence-electron chi connectivity index (χ3n) is 3.81. The zero-order chi connectivity index (χ0) is 14.9. The number of aryl methyl sites for hydroxylation is 1. The quantitative estimate of drug-likeness (QED) is 0.705. The van der Waals surface area contributed by atoms with Gasteiger partial charge in [0.1, 0.15) is 0 Å². The predicted molar refractivity (Wildman–Crippen MR) is 73.6 cm³/mol. The molecule has 6 nitrogen and oxygen atoms in total. The van der Waals surface area contributed by atoms with Crippen LogP contribution in [0, 0.1) is 0 Å². The lowest BCUT2D eigenvalue weighted by Crippen LogP contribution is -2.55. The lowest BCUT2D eigenvalue weighted by atomic mass is 9.90. The Bertz CT molecular complexity index is 565. The number of aromatic amines is 1. The number of aliphatic hydroxyl groups is 2. The summed E-state index contributed by atoms with van der Waals surface area (Å²) in [6, 6.07) is 2.92. The van der Waals surface area contributed by atoms with Gasteiger partial charge in [0, 0.05) is 30.4 Å². The Kier molecular flexibility index (Phi) is 3.96. The number of nitrogens with zero attached hydrogens (tertiary/aromatic N) is 1. The Morgan fingerprint density at radius 3 is 2.85 bits per heavy atom. The SMILES string of the molecule is CCc1cc(C(=O)N2CC[C@@](C)(O)[C@H](O)C2)cc(=O)[nH]1. The van der Waals surface area contributed by atoms with Crippen LogP contribution >= 0.6 is 0 Å². The molecular weight excluding hydrogens is 260 g/mol. The summed E-state index contributed by atoms with van der Waals surface area (Å²) in [7, 11) is 0. The number of piperidine rings is 1. The molecule has 2 heterocycles. The number of β-amino-alcohol motifs (C(OH)–C–C–N with tert-alkyl or cyclic N) is 1. The van der Waals surface area contributed by atoms with Crippen LogP contribution < -0.4 is 5.56 Å². The highest BCUT2D eigenvalue weighted by Gasteiger charge is 2.38. The lowest BCUT2D eigenvalue weighted by molar-refractivity contribution is -0.0999. The maximum Gasteiger partial charge on any atom is 0.254 e. The van der Waals surface area contributed by atoms with Crippen LogP contribution in [0.15, 0.2) is 16.9 Å². The van der Waals surface area contributed by atoms with Crippen LogP contribution in [0.4, 0.5) is 0 Å². The van der Waals surface area contributed by atoms with Gasteiger partial charge in [-0.25, -0.2) is 0 Å². The van der Waals surface area contributed by atoms with Crippen molar-refractivity contribution in [2.24, 2.45) is 0 Å². The van der Waals surface area contributed by atoms with Gasteiger partial charge in [0.2, 0.25) is 5.56 Å². The van der Waals surface area contributed by atoms with E-state index in [2.05, 4.69) is 4.98 Å². The number of hydrogen-bond donors (Lipinski definition) is 3. The van der Waals surface area contributed by atoms with Crippen molar-refractivity contribution >= 4 is 5.91 Å². The molecule has 1 aliphatic heterocycles. The van der Waals surface area contributed by atoms with E-state index in [4.69, 9.17) is 0 Å². The van der Waals surface area contributed by atoms with Crippen LogP contribution in [0.1, 0.15) is 36.3 Å². The third-order valence-corrected chi connectivity index (χ3v) is 3.81. The normalized spacial score (nSPS) is 26.6. The number of amides is 1. The molecule has 2 atom stereocenters. The fourth-order valence-electron chi connectivity index (χ4n) is 2.31. The summed E-state index contributed by atoms with van der Waals surface area (Å²) in [6.45, 7) is 3.88. The number of likely N-dealkylation sites (tertiary alicyclic amines) is 1. The second kappa shape index (κ2) is 5.38. The number of hydrogen-bond acceptors (Lipinski definition) is 4. The van der Waals surface area contributed by atoms with E-state index in [-0.39, 0.29) is 18.0 Å². The zero-order valence-corrected chi connectivity index (χ0v) is 11.7. The van der Waals surface area contributed by atoms with Crippen molar-refractivity contribution < 1.29 is 15.0 Å². The van der Waals surface area contributed by atoms with Crippen molar-refractivity contribution in [3.05, 3.63) is 33.7 Å². The van der Waals surface area contributed by atoms with Crippen molar-refractivity contribution in [2.75, 3.05) is 13.1 Å². The molecule has 0 bridgehead atoms. The Balaban J connectivity index is 2.20. The van der Waals surface area contributed by atoms with Gasteiger partial charge in [0.15, 0.2) is 0 Å². The molecule has 1 aromatic rings. The van der Waals surface area contributed by atoms with Gasteiger partial charge in [0.25, 0.3) is 5.91 Å². The summed E-state index contributed by atoms with van der Waals surface area (Å²) >= 11 is 0. The third kappa shape index (κ3) is 2.91. The van der Waals surface area contributed by atoms with Crippen molar-refractivity contribution in [3.8, 4) is 0 Å². The monoisotopic (exact) mass is 280 g/mol. The first-order chi connectivity index (χ1) is 9.33. The van der Waals surface area contributed by atoms with Crippen molar-refractivity contribution in [3.63, 3.8) is 0 Å². The molecule has 3 N–H and O–H groups in total. The summed E-state index contributed by atoms with van der Waals surface area (Å²) < 4.78 is 0. The number of aromatic nitrogens is 1. The minimum Gasteiger partial charge on any atom is -0.388 e. The van der Waals surface area contributed by atoms with Crippen LogP contribution in [-0.4, -0.2) is 50.8 Å². The Morgan fingerprint density at radius 1 is 1.55 bits per heavy atom. The number of nitrogens with one attached hydrogen (secondary N) is 1. The van der Waals surface area contributed by atoms with Crippen LogP contribution in [0.3, 0.4) is 0 Å². The van der Waals surface area contributed by atoms with E-state index < -0.39 is 11.7 Å². The summed E-state index contributed by atoms with van der Waals surface area (Å²) in [5.41, 5.74) is -0.457. The molecule has 6 heteroatoms. The number of rotatable bonds is 2. The average Bonchev–Trinajstić information content (AvgIpc) is 2.40. The molecule has 20 heavy (non-hydrogen) atoms. The molecular formula is C14H20N2O4. The number of pyridine rings is 1. The topological polar surface area (TPSA) is 93.6 Å². The van der Waals surface area contributed by atoms with Crippen molar-refractivity contribution in [2.45, 2.75) is 38.4 Å². The van der Waals surface area contributed by atoms with Crippen LogP contribution in [-0.2, 0) is 6.42 Å². The fourth-order valence-corrected chi connectivity index (χ4v) is 2.31. The van der Waals surface area contributed by atoms with Crippen LogP contribution in [0.2, 0.25) is 0 Å². The van der Waals surface area contributed by atoms with E-state index in [1.54, 1.807) is 13.0 Å². The average molecular weight is 280 g/mol. The number of carbonyl (C=O) groups excluding carboxylic acids is 1. The molecule has 1 saturated heterocycles. The summed E-state index contributed by atoms with van der Waals surface area (Å²) in [5, 5.41) is 19.7. The largest absolute Gasteiger partial charge is 0.388 e. The first-order valence-corrected chi connectivity index (χ1v) is 6.76. The summed E-state index contributed by atoms with van der Waals surface area (Å²) in [5.74, 6) is -0.291. The van der Waals surface area contributed by atoms with Gasteiger partial charge in [-0.05, 0) is 25.8 Å². The number of aliphatic hydroxyl groups excluding tert-OH is 1. The molecule has 2 rings (SSSR count). The molecule has 0 saturated carbocycles. The van der Waals surface area contributed by atoms with E-state index in [9.17, 15) is 19.8 Å². The molecule has 0 radical (unpaired) electrons. The maximum atomic E-state index is 12.4. The molecule has 1 aliphatic rings. The van der Waals surface area contributed by atoms with Crippen molar-refractivity contribution in [1.82, 2.24) is 9.88 Å². The standard InChI is InChI=1S/C14H20N2O4/c1-3-10-6-9(7-12(18)15-10)13(19)16-5-4-14(2,20)11(17)8-16/h6-7,11,17,20H,3-5,8H2,1-2H3,(H,15,18)/t11-,14-/m1/s1. The highest BCUT2D eigenvalue weighted by molar-refractivity contribution is 5.94. The molecule has 1 fully saturated rings. The second-order valence-electron chi connectivity index (χ2n) is 5.49. The Hall–Kier alpha value is -1.66. The van der Waals surface area contributed by atoms with Gasteiger partial charge >= 0.3 is 0 Å². The van der Waals surface area contributed by atoms with E-state index >= 15 is 0 Å². The van der Waals surface area contributed by atoms with Gasteiger partial charge in [0.05, 0.1) is 11.7 Å². The first-order valence-electron chi connectivity index (χ1n) is 6.76. The van der Waals surface area contributed by atoms with E-state index in [0.29, 0.717) is 30.6 Å².